The van der Waals surface area contributed by atoms with Gasteiger partial charge in [-0.1, -0.05) is 42.1 Å². The van der Waals surface area contributed by atoms with Gasteiger partial charge in [0.2, 0.25) is 5.91 Å². The summed E-state index contributed by atoms with van der Waals surface area (Å²) in [5, 5.41) is 12.0. The van der Waals surface area contributed by atoms with Crippen LogP contribution in [0.25, 0.3) is 5.69 Å². The van der Waals surface area contributed by atoms with Crippen molar-refractivity contribution in [3.8, 4) is 5.69 Å². The molecule has 0 aliphatic heterocycles. The molecule has 0 aliphatic carbocycles. The monoisotopic (exact) mass is 462 g/mol. The fourth-order valence-corrected chi connectivity index (χ4v) is 4.11. The largest absolute Gasteiger partial charge is 0.325 e. The normalized spacial score (nSPS) is 10.8. The van der Waals surface area contributed by atoms with Gasteiger partial charge in [0.1, 0.15) is 5.82 Å². The van der Waals surface area contributed by atoms with E-state index in [9.17, 15) is 14.4 Å². The van der Waals surface area contributed by atoms with Crippen molar-refractivity contribution in [3.05, 3.63) is 98.1 Å². The van der Waals surface area contributed by atoms with Crippen LogP contribution in [0.15, 0.2) is 69.3 Å². The number of aryl methyl sites for hydroxylation is 2. The van der Waals surface area contributed by atoms with Gasteiger partial charge in [-0.2, -0.15) is 0 Å². The maximum absolute atomic E-state index is 12.5. The molecule has 168 valence electrons. The number of nitrogens with zero attached hydrogens (tertiary/aromatic N) is 3. The molecule has 2 aromatic carbocycles. The fourth-order valence-electron chi connectivity index (χ4n) is 3.34. The van der Waals surface area contributed by atoms with E-state index in [1.54, 1.807) is 0 Å². The molecule has 0 spiro atoms. The second kappa shape index (κ2) is 9.70. The van der Waals surface area contributed by atoms with Crippen LogP contribution in [0.4, 0.5) is 5.69 Å². The van der Waals surface area contributed by atoms with E-state index >= 15 is 0 Å². The van der Waals surface area contributed by atoms with E-state index in [0.717, 1.165) is 22.5 Å². The number of amides is 1. The van der Waals surface area contributed by atoms with Crippen LogP contribution in [0.3, 0.4) is 0 Å². The van der Waals surface area contributed by atoms with Crippen LogP contribution < -0.4 is 16.6 Å². The summed E-state index contributed by atoms with van der Waals surface area (Å²) < 4.78 is 1.86. The summed E-state index contributed by atoms with van der Waals surface area (Å²) in [4.78, 5) is 40.7. The van der Waals surface area contributed by atoms with E-state index in [1.807, 2.05) is 66.9 Å². The van der Waals surface area contributed by atoms with Crippen LogP contribution in [-0.2, 0) is 11.2 Å². The Labute approximate surface area is 193 Å². The van der Waals surface area contributed by atoms with Crippen LogP contribution >= 0.6 is 11.8 Å². The predicted molar refractivity (Wildman–Crippen MR) is 127 cm³/mol. The van der Waals surface area contributed by atoms with Crippen molar-refractivity contribution in [2.24, 2.45) is 0 Å². The van der Waals surface area contributed by atoms with Gasteiger partial charge in [0.25, 0.3) is 5.56 Å². The van der Waals surface area contributed by atoms with Crippen LogP contribution in [-0.4, -0.2) is 36.4 Å². The first kappa shape index (κ1) is 22.3. The second-order valence-corrected chi connectivity index (χ2v) is 8.46. The van der Waals surface area contributed by atoms with Crippen molar-refractivity contribution in [2.45, 2.75) is 25.4 Å². The van der Waals surface area contributed by atoms with Gasteiger partial charge in [0.05, 0.1) is 11.4 Å². The Hall–Kier alpha value is -3.92. The summed E-state index contributed by atoms with van der Waals surface area (Å²) in [5.74, 6) is 0.512. The topological polar surface area (TPSA) is 126 Å². The van der Waals surface area contributed by atoms with E-state index in [4.69, 9.17) is 0 Å². The van der Waals surface area contributed by atoms with Crippen LogP contribution in [0, 0.1) is 13.8 Å². The minimum Gasteiger partial charge on any atom is -0.325 e. The third-order valence-corrected chi connectivity index (χ3v) is 5.79. The van der Waals surface area contributed by atoms with Crippen LogP contribution in [0.1, 0.15) is 22.6 Å². The number of aromatic nitrogens is 5. The number of hydrogen-bond donors (Lipinski definition) is 3. The lowest BCUT2D eigenvalue weighted by atomic mass is 10.1. The average Bonchev–Trinajstić information content (AvgIpc) is 3.16. The third-order valence-electron chi connectivity index (χ3n) is 4.86. The molecule has 10 heteroatoms. The number of aromatic amines is 2. The van der Waals surface area contributed by atoms with Crippen LogP contribution in [0.2, 0.25) is 0 Å². The quantitative estimate of drug-likeness (QED) is 0.363. The predicted octanol–water partition coefficient (Wildman–Crippen LogP) is 2.58. The van der Waals surface area contributed by atoms with Gasteiger partial charge in [-0.15, -0.1) is 10.2 Å². The number of carbonyl (C=O) groups excluding carboxylic acids is 1. The molecular weight excluding hydrogens is 440 g/mol. The molecule has 4 aromatic rings. The SMILES string of the molecule is Cc1ccc(C)c(-n2c(Cc3cc(=O)[nH]c(=O)[nH]3)nnc2SCC(=O)Nc2ccccc2)c1. The lowest BCUT2D eigenvalue weighted by Crippen LogP contribution is -2.23. The second-order valence-electron chi connectivity index (χ2n) is 7.52. The molecule has 33 heavy (non-hydrogen) atoms. The lowest BCUT2D eigenvalue weighted by molar-refractivity contribution is -0.113. The van der Waals surface area contributed by atoms with Crippen molar-refractivity contribution >= 4 is 23.4 Å². The van der Waals surface area contributed by atoms with Gasteiger partial charge in [-0.3, -0.25) is 19.1 Å². The maximum atomic E-state index is 12.5. The number of rotatable bonds is 7. The Balaban J connectivity index is 1.65. The molecule has 0 bridgehead atoms. The van der Waals surface area contributed by atoms with E-state index in [1.165, 1.54) is 17.8 Å². The number of H-pyrrole nitrogens is 2. The summed E-state index contributed by atoms with van der Waals surface area (Å²) in [7, 11) is 0. The van der Waals surface area contributed by atoms with E-state index in [0.29, 0.717) is 16.7 Å². The number of anilines is 1. The average molecular weight is 463 g/mol. The Kier molecular flexibility index (Phi) is 6.55. The summed E-state index contributed by atoms with van der Waals surface area (Å²) in [6.45, 7) is 3.96. The standard InChI is InChI=1S/C23H22N6O3S/c1-14-8-9-15(2)18(10-14)29-19(11-17-12-20(30)26-22(32)25-17)27-28-23(29)33-13-21(31)24-16-6-4-3-5-7-16/h3-10,12H,11,13H2,1-2H3,(H,24,31)(H2,25,26,30,32). The Morgan fingerprint density at radius 1 is 1.03 bits per heavy atom. The highest BCUT2D eigenvalue weighted by Crippen LogP contribution is 2.26. The molecule has 1 amide bonds. The number of carbonyl (C=O) groups is 1. The smallest absolute Gasteiger partial charge is 0.325 e. The van der Waals surface area contributed by atoms with Crippen LogP contribution in [0.5, 0.6) is 0 Å². The first-order chi connectivity index (χ1) is 15.9. The Morgan fingerprint density at radius 2 is 1.82 bits per heavy atom. The molecule has 0 saturated carbocycles. The molecule has 0 aliphatic rings. The molecule has 0 unspecified atom stereocenters. The number of nitrogens with one attached hydrogen (secondary N) is 3. The maximum Gasteiger partial charge on any atom is 0.325 e. The van der Waals surface area contributed by atoms with Crippen molar-refractivity contribution < 1.29 is 4.79 Å². The summed E-state index contributed by atoms with van der Waals surface area (Å²) in [6.07, 6.45) is 0.191. The van der Waals surface area contributed by atoms with Gasteiger partial charge >= 0.3 is 5.69 Å². The van der Waals surface area contributed by atoms with Crippen molar-refractivity contribution in [2.75, 3.05) is 11.1 Å². The molecule has 2 aromatic heterocycles. The molecule has 0 fully saturated rings. The Morgan fingerprint density at radius 3 is 2.58 bits per heavy atom. The van der Waals surface area contributed by atoms with Gasteiger partial charge in [-0.05, 0) is 43.2 Å². The summed E-state index contributed by atoms with van der Waals surface area (Å²) in [5.41, 5.74) is 2.99. The molecule has 9 nitrogen and oxygen atoms in total. The highest BCUT2D eigenvalue weighted by molar-refractivity contribution is 7.99. The van der Waals surface area contributed by atoms with Gasteiger partial charge in [-0.25, -0.2) is 4.79 Å². The molecule has 0 atom stereocenters. The fraction of sp³-hybridized carbons (Fsp3) is 0.174. The van der Waals surface area contributed by atoms with E-state index in [2.05, 4.69) is 25.5 Å². The number of thioether (sulfide) groups is 1. The van der Waals surface area contributed by atoms with Crippen molar-refractivity contribution in [1.82, 2.24) is 24.7 Å². The van der Waals surface area contributed by atoms with Crippen molar-refractivity contribution in [3.63, 3.8) is 0 Å². The van der Waals surface area contributed by atoms with E-state index < -0.39 is 11.2 Å². The summed E-state index contributed by atoms with van der Waals surface area (Å²) in [6, 6.07) is 16.6. The molecule has 3 N–H and O–H groups in total. The molecule has 0 radical (unpaired) electrons. The molecule has 4 rings (SSSR count). The van der Waals surface area contributed by atoms with Gasteiger partial charge in [0.15, 0.2) is 5.16 Å². The highest BCUT2D eigenvalue weighted by Gasteiger charge is 2.18. The first-order valence-corrected chi connectivity index (χ1v) is 11.2. The lowest BCUT2D eigenvalue weighted by Gasteiger charge is -2.14. The molecular formula is C23H22N6O3S. The molecule has 0 saturated heterocycles. The zero-order chi connectivity index (χ0) is 23.4. The van der Waals surface area contributed by atoms with Crippen molar-refractivity contribution in [1.29, 1.82) is 0 Å². The van der Waals surface area contributed by atoms with Gasteiger partial charge < -0.3 is 10.3 Å². The minimum atomic E-state index is -0.581. The third kappa shape index (κ3) is 5.47. The zero-order valence-electron chi connectivity index (χ0n) is 18.1. The highest BCUT2D eigenvalue weighted by atomic mass is 32.2. The summed E-state index contributed by atoms with van der Waals surface area (Å²) >= 11 is 1.26. The number of hydrogen-bond acceptors (Lipinski definition) is 6. The first-order valence-electron chi connectivity index (χ1n) is 10.2. The van der Waals surface area contributed by atoms with E-state index in [-0.39, 0.29) is 18.1 Å². The number of para-hydroxylation sites is 1. The molecule has 2 heterocycles. The minimum absolute atomic E-state index is 0.139. The zero-order valence-corrected chi connectivity index (χ0v) is 18.9. The van der Waals surface area contributed by atoms with Gasteiger partial charge in [0, 0.05) is 23.9 Å². The number of benzene rings is 2. The Bertz CT molecular complexity index is 1380.